The first-order chi connectivity index (χ1) is 19.2. The van der Waals surface area contributed by atoms with Gasteiger partial charge in [-0.15, -0.1) is 0 Å². The summed E-state index contributed by atoms with van der Waals surface area (Å²) in [4.78, 5) is 24.3. The van der Waals surface area contributed by atoms with E-state index >= 15 is 0 Å². The number of rotatable bonds is 8. The first-order valence-electron chi connectivity index (χ1n) is 13.9. The molecule has 0 aliphatic carbocycles. The van der Waals surface area contributed by atoms with E-state index < -0.39 is 0 Å². The van der Waals surface area contributed by atoms with E-state index in [4.69, 9.17) is 14.2 Å². The quantitative estimate of drug-likeness (QED) is 0.437. The van der Waals surface area contributed by atoms with Crippen molar-refractivity contribution in [2.24, 2.45) is 5.92 Å². The number of hydrogen-bond donors (Lipinski definition) is 0. The molecular weight excluding hydrogens is 492 g/mol. The third kappa shape index (κ3) is 6.52. The number of ether oxygens (including phenoxy) is 3. The molecule has 0 N–H and O–H groups in total. The number of nitrogens with zero attached hydrogens (tertiary/aromatic N) is 4. The molecule has 6 rings (SSSR count). The van der Waals surface area contributed by atoms with Gasteiger partial charge in [-0.05, 0) is 60.4 Å². The lowest BCUT2D eigenvalue weighted by Gasteiger charge is -2.34. The van der Waals surface area contributed by atoms with Gasteiger partial charge in [0.25, 0.3) is 5.91 Å². The predicted octanol–water partition coefficient (Wildman–Crippen LogP) is 4.06. The summed E-state index contributed by atoms with van der Waals surface area (Å²) < 4.78 is 17.0. The molecule has 0 bridgehead atoms. The number of carbonyl (C=O) groups is 1. The third-order valence-electron chi connectivity index (χ3n) is 7.83. The van der Waals surface area contributed by atoms with Gasteiger partial charge in [-0.2, -0.15) is 0 Å². The van der Waals surface area contributed by atoms with Crippen molar-refractivity contribution in [3.8, 4) is 17.2 Å². The highest BCUT2D eigenvalue weighted by molar-refractivity contribution is 5.95. The van der Waals surface area contributed by atoms with Crippen LogP contribution in [0.2, 0.25) is 0 Å². The summed E-state index contributed by atoms with van der Waals surface area (Å²) in [7, 11) is 0. The molecule has 4 heterocycles. The second-order valence-electron chi connectivity index (χ2n) is 10.7. The van der Waals surface area contributed by atoms with Crippen LogP contribution < -0.4 is 14.2 Å². The van der Waals surface area contributed by atoms with Gasteiger partial charge < -0.3 is 19.1 Å². The largest absolute Gasteiger partial charge is 0.493 e. The molecule has 39 heavy (non-hydrogen) atoms. The highest BCUT2D eigenvalue weighted by Crippen LogP contribution is 2.33. The number of piperidine rings is 1. The zero-order valence-electron chi connectivity index (χ0n) is 22.3. The van der Waals surface area contributed by atoms with Crippen molar-refractivity contribution in [3.05, 3.63) is 83.7 Å². The molecule has 3 aromatic rings. The van der Waals surface area contributed by atoms with Crippen molar-refractivity contribution >= 4 is 5.91 Å². The Labute approximate surface area is 230 Å². The summed E-state index contributed by atoms with van der Waals surface area (Å²) in [5, 5.41) is 0. The van der Waals surface area contributed by atoms with Crippen molar-refractivity contribution in [1.29, 1.82) is 0 Å². The molecule has 2 saturated heterocycles. The maximum Gasteiger partial charge on any atom is 0.254 e. The Kier molecular flexibility index (Phi) is 7.93. The van der Waals surface area contributed by atoms with Gasteiger partial charge >= 0.3 is 0 Å². The molecule has 1 atom stereocenters. The Morgan fingerprint density at radius 3 is 2.44 bits per heavy atom. The summed E-state index contributed by atoms with van der Waals surface area (Å²) in [5.41, 5.74) is 3.23. The molecule has 0 saturated carbocycles. The van der Waals surface area contributed by atoms with E-state index in [-0.39, 0.29) is 12.7 Å². The lowest BCUT2D eigenvalue weighted by atomic mass is 9.98. The molecule has 8 heteroatoms. The fourth-order valence-corrected chi connectivity index (χ4v) is 5.62. The molecule has 3 aliphatic rings. The van der Waals surface area contributed by atoms with Gasteiger partial charge in [0, 0.05) is 76.2 Å². The predicted molar refractivity (Wildman–Crippen MR) is 148 cm³/mol. The van der Waals surface area contributed by atoms with Crippen molar-refractivity contribution in [1.82, 2.24) is 19.7 Å². The number of aromatic nitrogens is 1. The fraction of sp³-hybridized carbons (Fsp3) is 0.419. The molecule has 3 aliphatic heterocycles. The Hall–Kier alpha value is -3.62. The lowest BCUT2D eigenvalue weighted by molar-refractivity contribution is 0.0633. The monoisotopic (exact) mass is 528 g/mol. The van der Waals surface area contributed by atoms with Crippen LogP contribution in [-0.2, 0) is 13.1 Å². The fourth-order valence-electron chi connectivity index (χ4n) is 5.62. The maximum absolute atomic E-state index is 13.1. The zero-order chi connectivity index (χ0) is 26.4. The standard InChI is InChI=1S/C31H36N4O4/c36-31(27-7-10-29-30(17-27)39-23-38-29)35-12-2-4-26(21-35)22-37-28-8-5-24(6-9-28)19-33-13-15-34(16-14-33)20-25-3-1-11-32-18-25/h1,3,5-11,17-18,26H,2,4,12-16,19-23H2. The maximum atomic E-state index is 13.1. The van der Waals surface area contributed by atoms with Gasteiger partial charge in [0.05, 0.1) is 6.61 Å². The topological polar surface area (TPSA) is 67.4 Å². The average Bonchev–Trinajstić information content (AvgIpc) is 3.46. The van der Waals surface area contributed by atoms with Gasteiger partial charge in [0.15, 0.2) is 11.5 Å². The summed E-state index contributed by atoms with van der Waals surface area (Å²) >= 11 is 0. The van der Waals surface area contributed by atoms with Gasteiger partial charge in [-0.25, -0.2) is 0 Å². The number of pyridine rings is 1. The second kappa shape index (κ2) is 12.1. The number of carbonyl (C=O) groups excluding carboxylic acids is 1. The summed E-state index contributed by atoms with van der Waals surface area (Å²) in [6.07, 6.45) is 5.84. The Bertz CT molecular complexity index is 1250. The molecule has 2 fully saturated rings. The minimum Gasteiger partial charge on any atom is -0.493 e. The van der Waals surface area contributed by atoms with E-state index in [1.54, 1.807) is 6.07 Å². The average molecular weight is 529 g/mol. The van der Waals surface area contributed by atoms with Gasteiger partial charge in [0.2, 0.25) is 6.79 Å². The number of likely N-dealkylation sites (tertiary alicyclic amines) is 1. The van der Waals surface area contributed by atoms with Crippen LogP contribution in [0.15, 0.2) is 67.0 Å². The van der Waals surface area contributed by atoms with Crippen LogP contribution in [0.4, 0.5) is 0 Å². The van der Waals surface area contributed by atoms with Gasteiger partial charge in [-0.1, -0.05) is 18.2 Å². The summed E-state index contributed by atoms with van der Waals surface area (Å²) in [6.45, 7) is 8.53. The molecule has 204 valence electrons. The van der Waals surface area contributed by atoms with Crippen LogP contribution in [-0.4, -0.2) is 78.3 Å². The van der Waals surface area contributed by atoms with E-state index in [1.165, 1.54) is 11.1 Å². The smallest absolute Gasteiger partial charge is 0.254 e. The van der Waals surface area contributed by atoms with Crippen molar-refractivity contribution in [2.45, 2.75) is 25.9 Å². The van der Waals surface area contributed by atoms with E-state index in [2.05, 4.69) is 45.1 Å². The van der Waals surface area contributed by atoms with Crippen LogP contribution in [0, 0.1) is 5.92 Å². The SMILES string of the molecule is O=C(c1ccc2c(c1)OCO2)N1CCCC(COc2ccc(CN3CCN(Cc4cccnc4)CC3)cc2)C1. The molecule has 0 radical (unpaired) electrons. The lowest BCUT2D eigenvalue weighted by Crippen LogP contribution is -2.45. The summed E-state index contributed by atoms with van der Waals surface area (Å²) in [6, 6.07) is 18.1. The molecule has 8 nitrogen and oxygen atoms in total. The molecule has 2 aromatic carbocycles. The number of fused-ring (bicyclic) bond motifs is 1. The van der Waals surface area contributed by atoms with Crippen LogP contribution in [0.1, 0.15) is 34.3 Å². The summed E-state index contributed by atoms with van der Waals surface area (Å²) in [5.74, 6) is 2.59. The number of hydrogen-bond acceptors (Lipinski definition) is 7. The highest BCUT2D eigenvalue weighted by atomic mass is 16.7. The van der Waals surface area contributed by atoms with Crippen molar-refractivity contribution in [2.75, 3.05) is 52.7 Å². The minimum atomic E-state index is 0.0419. The number of piperazine rings is 1. The van der Waals surface area contributed by atoms with E-state index in [0.29, 0.717) is 36.1 Å². The molecular formula is C31H36N4O4. The van der Waals surface area contributed by atoms with Crippen molar-refractivity contribution < 1.29 is 19.0 Å². The first-order valence-corrected chi connectivity index (χ1v) is 13.9. The van der Waals surface area contributed by atoms with Crippen molar-refractivity contribution in [3.63, 3.8) is 0 Å². The Morgan fingerprint density at radius 1 is 0.897 bits per heavy atom. The third-order valence-corrected chi connectivity index (χ3v) is 7.83. The van der Waals surface area contributed by atoms with Gasteiger partial charge in [0.1, 0.15) is 5.75 Å². The van der Waals surface area contributed by atoms with Crippen LogP contribution >= 0.6 is 0 Å². The zero-order valence-corrected chi connectivity index (χ0v) is 22.3. The second-order valence-corrected chi connectivity index (χ2v) is 10.7. The first kappa shape index (κ1) is 25.6. The van der Waals surface area contributed by atoms with Gasteiger partial charge in [-0.3, -0.25) is 19.6 Å². The Morgan fingerprint density at radius 2 is 1.67 bits per heavy atom. The number of benzene rings is 2. The van der Waals surface area contributed by atoms with Crippen LogP contribution in [0.5, 0.6) is 17.2 Å². The molecule has 1 aromatic heterocycles. The van der Waals surface area contributed by atoms with Crippen LogP contribution in [0.25, 0.3) is 0 Å². The highest BCUT2D eigenvalue weighted by Gasteiger charge is 2.26. The van der Waals surface area contributed by atoms with E-state index in [1.807, 2.05) is 35.5 Å². The van der Waals surface area contributed by atoms with E-state index in [0.717, 1.165) is 64.4 Å². The molecule has 1 amide bonds. The molecule has 0 spiro atoms. The van der Waals surface area contributed by atoms with E-state index in [9.17, 15) is 4.79 Å². The normalized spacial score (nSPS) is 19.7. The molecule has 1 unspecified atom stereocenters. The minimum absolute atomic E-state index is 0.0419. The Balaban J connectivity index is 0.941. The number of amides is 1. The van der Waals surface area contributed by atoms with Crippen LogP contribution in [0.3, 0.4) is 0 Å².